The van der Waals surface area contributed by atoms with E-state index in [1.165, 1.54) is 6.08 Å². The largest absolute Gasteiger partial charge is 0.384 e. The van der Waals surface area contributed by atoms with Crippen molar-refractivity contribution in [3.63, 3.8) is 0 Å². The zero-order valence-electron chi connectivity index (χ0n) is 13.9. The summed E-state index contributed by atoms with van der Waals surface area (Å²) in [6.45, 7) is 7.38. The maximum Gasteiger partial charge on any atom is 0.247 e. The number of benzene rings is 1. The summed E-state index contributed by atoms with van der Waals surface area (Å²) in [6, 6.07) is 9.13. The van der Waals surface area contributed by atoms with E-state index in [9.17, 15) is 4.79 Å². The van der Waals surface area contributed by atoms with Crippen LogP contribution < -0.4 is 11.1 Å². The molecule has 0 bridgehead atoms. The first kappa shape index (κ1) is 17.1. The summed E-state index contributed by atoms with van der Waals surface area (Å²) < 4.78 is 5.37. The lowest BCUT2D eigenvalue weighted by Crippen LogP contribution is -2.35. The Bertz CT molecular complexity index is 772. The highest BCUT2D eigenvalue weighted by Gasteiger charge is 2.13. The van der Waals surface area contributed by atoms with Crippen molar-refractivity contribution in [2.45, 2.75) is 6.54 Å². The number of carbonyl (C=O) groups excluding carboxylic acids is 1. The lowest BCUT2D eigenvalue weighted by Gasteiger charge is -2.26. The standard InChI is InChI=1S/C18H21N5O2/c1-2-17(24)20-14-5-3-4-13(10-14)18-21-15(11-16(19)22-18)12-23-6-8-25-9-7-23/h2-5,10-11H,1,6-9,12H2,(H,20,24)(H2,19,21,22). The van der Waals surface area contributed by atoms with Crippen LogP contribution in [0.4, 0.5) is 11.5 Å². The molecule has 1 aromatic carbocycles. The number of morpholine rings is 1. The molecule has 1 aliphatic heterocycles. The van der Waals surface area contributed by atoms with Gasteiger partial charge in [-0.3, -0.25) is 9.69 Å². The molecule has 7 nitrogen and oxygen atoms in total. The lowest BCUT2D eigenvalue weighted by atomic mass is 10.1. The van der Waals surface area contributed by atoms with Crippen molar-refractivity contribution in [2.75, 3.05) is 37.4 Å². The Hall–Kier alpha value is -2.77. The fraction of sp³-hybridized carbons (Fsp3) is 0.278. The van der Waals surface area contributed by atoms with E-state index in [1.807, 2.05) is 18.2 Å². The van der Waals surface area contributed by atoms with Crippen molar-refractivity contribution in [2.24, 2.45) is 0 Å². The van der Waals surface area contributed by atoms with Crippen molar-refractivity contribution >= 4 is 17.4 Å². The summed E-state index contributed by atoms with van der Waals surface area (Å²) in [7, 11) is 0. The van der Waals surface area contributed by atoms with Gasteiger partial charge in [-0.05, 0) is 18.2 Å². The van der Waals surface area contributed by atoms with E-state index < -0.39 is 0 Å². The van der Waals surface area contributed by atoms with E-state index in [-0.39, 0.29) is 5.91 Å². The molecule has 0 aliphatic carbocycles. The van der Waals surface area contributed by atoms with Crippen LogP contribution in [0.15, 0.2) is 43.0 Å². The molecule has 1 aromatic heterocycles. The Morgan fingerprint density at radius 2 is 2.12 bits per heavy atom. The molecule has 3 N–H and O–H groups in total. The first-order valence-corrected chi connectivity index (χ1v) is 8.11. The molecule has 7 heteroatoms. The summed E-state index contributed by atoms with van der Waals surface area (Å²) in [4.78, 5) is 22.7. The molecular formula is C18H21N5O2. The van der Waals surface area contributed by atoms with Crippen LogP contribution in [-0.4, -0.2) is 47.1 Å². The fourth-order valence-electron chi connectivity index (χ4n) is 2.65. The molecule has 0 atom stereocenters. The van der Waals surface area contributed by atoms with Crippen LogP contribution in [0.25, 0.3) is 11.4 Å². The second-order valence-electron chi connectivity index (χ2n) is 5.77. The molecule has 0 unspecified atom stereocenters. The van der Waals surface area contributed by atoms with Gasteiger partial charge >= 0.3 is 0 Å². The predicted octanol–water partition coefficient (Wildman–Crippen LogP) is 1.68. The first-order chi connectivity index (χ1) is 12.1. The van der Waals surface area contributed by atoms with Gasteiger partial charge in [-0.2, -0.15) is 0 Å². The Kier molecular flexibility index (Phi) is 5.37. The smallest absolute Gasteiger partial charge is 0.247 e. The van der Waals surface area contributed by atoms with Crippen molar-refractivity contribution in [1.29, 1.82) is 0 Å². The van der Waals surface area contributed by atoms with Gasteiger partial charge in [-0.15, -0.1) is 0 Å². The maximum atomic E-state index is 11.5. The van der Waals surface area contributed by atoms with Gasteiger partial charge in [0.15, 0.2) is 5.82 Å². The van der Waals surface area contributed by atoms with Crippen LogP contribution >= 0.6 is 0 Å². The van der Waals surface area contributed by atoms with Crippen molar-refractivity contribution in [3.8, 4) is 11.4 Å². The first-order valence-electron chi connectivity index (χ1n) is 8.11. The second kappa shape index (κ2) is 7.87. The van der Waals surface area contributed by atoms with Gasteiger partial charge < -0.3 is 15.8 Å². The lowest BCUT2D eigenvalue weighted by molar-refractivity contribution is -0.111. The zero-order valence-corrected chi connectivity index (χ0v) is 13.9. The molecule has 0 spiro atoms. The number of nitrogens with zero attached hydrogens (tertiary/aromatic N) is 3. The fourth-order valence-corrected chi connectivity index (χ4v) is 2.65. The molecule has 0 radical (unpaired) electrons. The van der Waals surface area contributed by atoms with E-state index in [2.05, 4.69) is 26.8 Å². The van der Waals surface area contributed by atoms with E-state index in [0.717, 1.165) is 37.6 Å². The van der Waals surface area contributed by atoms with E-state index in [0.29, 0.717) is 23.9 Å². The third-order valence-corrected chi connectivity index (χ3v) is 3.86. The summed E-state index contributed by atoms with van der Waals surface area (Å²) in [5.41, 5.74) is 8.28. The summed E-state index contributed by atoms with van der Waals surface area (Å²) >= 11 is 0. The van der Waals surface area contributed by atoms with Gasteiger partial charge in [0.05, 0.1) is 18.9 Å². The molecule has 0 saturated carbocycles. The van der Waals surface area contributed by atoms with Crippen molar-refractivity contribution in [3.05, 3.63) is 48.7 Å². The number of anilines is 2. The van der Waals surface area contributed by atoms with Crippen molar-refractivity contribution < 1.29 is 9.53 Å². The minimum Gasteiger partial charge on any atom is -0.384 e. The number of amides is 1. The van der Waals surface area contributed by atoms with Gasteiger partial charge in [0, 0.05) is 37.0 Å². The quantitative estimate of drug-likeness (QED) is 0.805. The number of hydrogen-bond donors (Lipinski definition) is 2. The molecule has 130 valence electrons. The second-order valence-corrected chi connectivity index (χ2v) is 5.77. The molecule has 2 heterocycles. The van der Waals surface area contributed by atoms with Gasteiger partial charge in [0.1, 0.15) is 5.82 Å². The van der Waals surface area contributed by atoms with Gasteiger partial charge in [0.25, 0.3) is 0 Å². The molecule has 1 aliphatic rings. The molecule has 1 amide bonds. The van der Waals surface area contributed by atoms with Crippen LogP contribution in [0.2, 0.25) is 0 Å². The van der Waals surface area contributed by atoms with E-state index in [1.54, 1.807) is 12.1 Å². The highest BCUT2D eigenvalue weighted by atomic mass is 16.5. The van der Waals surface area contributed by atoms with Gasteiger partial charge in [0.2, 0.25) is 5.91 Å². The molecule has 1 saturated heterocycles. The van der Waals surface area contributed by atoms with Crippen LogP contribution in [0.3, 0.4) is 0 Å². The number of rotatable bonds is 5. The number of nitrogens with two attached hydrogens (primary N) is 1. The minimum absolute atomic E-state index is 0.265. The van der Waals surface area contributed by atoms with Gasteiger partial charge in [-0.1, -0.05) is 18.7 Å². The number of nitrogen functional groups attached to an aromatic ring is 1. The number of hydrogen-bond acceptors (Lipinski definition) is 6. The number of ether oxygens (including phenoxy) is 1. The topological polar surface area (TPSA) is 93.4 Å². The average molecular weight is 339 g/mol. The van der Waals surface area contributed by atoms with Crippen LogP contribution in [0.5, 0.6) is 0 Å². The summed E-state index contributed by atoms with van der Waals surface area (Å²) in [6.07, 6.45) is 1.23. The maximum absolute atomic E-state index is 11.5. The number of carbonyl (C=O) groups is 1. The highest BCUT2D eigenvalue weighted by molar-refractivity contribution is 5.99. The molecule has 1 fully saturated rings. The number of aromatic nitrogens is 2. The number of nitrogens with one attached hydrogen (secondary N) is 1. The monoisotopic (exact) mass is 339 g/mol. The van der Waals surface area contributed by atoms with Crippen LogP contribution in [0.1, 0.15) is 5.69 Å². The highest BCUT2D eigenvalue weighted by Crippen LogP contribution is 2.21. The zero-order chi connectivity index (χ0) is 17.6. The Morgan fingerprint density at radius 3 is 2.88 bits per heavy atom. The predicted molar refractivity (Wildman–Crippen MR) is 96.8 cm³/mol. The molecule has 3 rings (SSSR count). The van der Waals surface area contributed by atoms with E-state index in [4.69, 9.17) is 10.5 Å². The third kappa shape index (κ3) is 4.62. The van der Waals surface area contributed by atoms with Crippen LogP contribution in [0, 0.1) is 0 Å². The molecule has 2 aromatic rings. The summed E-state index contributed by atoms with van der Waals surface area (Å²) in [5.74, 6) is 0.699. The summed E-state index contributed by atoms with van der Waals surface area (Å²) in [5, 5.41) is 2.73. The average Bonchev–Trinajstić information content (AvgIpc) is 2.62. The van der Waals surface area contributed by atoms with E-state index >= 15 is 0 Å². The Balaban J connectivity index is 1.83. The Labute approximate surface area is 146 Å². The normalized spacial score (nSPS) is 14.9. The van der Waals surface area contributed by atoms with Gasteiger partial charge in [-0.25, -0.2) is 9.97 Å². The van der Waals surface area contributed by atoms with Crippen molar-refractivity contribution in [1.82, 2.24) is 14.9 Å². The SMILES string of the molecule is C=CC(=O)Nc1cccc(-c2nc(N)cc(CN3CCOCC3)n2)c1. The Morgan fingerprint density at radius 1 is 1.32 bits per heavy atom. The molecular weight excluding hydrogens is 318 g/mol. The minimum atomic E-state index is -0.265. The van der Waals surface area contributed by atoms with Crippen LogP contribution in [-0.2, 0) is 16.1 Å². The molecule has 25 heavy (non-hydrogen) atoms. The third-order valence-electron chi connectivity index (χ3n) is 3.86.